The molecule has 4 heteroatoms. The molecule has 1 aromatic carbocycles. The predicted molar refractivity (Wildman–Crippen MR) is 49.2 cm³/mol. The molecule has 13 heavy (non-hydrogen) atoms. The van der Waals surface area contributed by atoms with Crippen molar-refractivity contribution >= 4 is 5.69 Å². The Hall–Kier alpha value is -1.26. The van der Waals surface area contributed by atoms with E-state index in [0.29, 0.717) is 17.2 Å². The average molecular weight is 183 g/mol. The first-order chi connectivity index (χ1) is 6.24. The van der Waals surface area contributed by atoms with E-state index in [9.17, 15) is 5.21 Å². The molecule has 0 saturated carbocycles. The Morgan fingerprint density at radius 3 is 2.38 bits per heavy atom. The molecular formula is C9H13NO3. The molecule has 0 fully saturated rings. The zero-order valence-corrected chi connectivity index (χ0v) is 7.96. The number of hydrogen-bond acceptors (Lipinski definition) is 3. The summed E-state index contributed by atoms with van der Waals surface area (Å²) < 4.78 is 10.1. The van der Waals surface area contributed by atoms with Gasteiger partial charge in [-0.2, -0.15) is 0 Å². The molecule has 0 aliphatic carbocycles. The first kappa shape index (κ1) is 9.83. The fourth-order valence-corrected chi connectivity index (χ4v) is 1.20. The van der Waals surface area contributed by atoms with Gasteiger partial charge in [-0.05, 0) is 19.1 Å². The Balaban J connectivity index is 3.27. The highest BCUT2D eigenvalue weighted by molar-refractivity contribution is 5.59. The van der Waals surface area contributed by atoms with E-state index in [1.165, 1.54) is 7.11 Å². The van der Waals surface area contributed by atoms with Crippen LogP contribution in [0, 0.1) is 12.1 Å². The van der Waals surface area contributed by atoms with Crippen LogP contribution in [0.25, 0.3) is 0 Å². The standard InChI is InChI=1S/C9H13NO3/c1-6-4-5-7(12-2)9(13-3)8(6)10-11/h4-5H,10H2,1-3H3. The molecule has 0 aliphatic rings. The summed E-state index contributed by atoms with van der Waals surface area (Å²) in [5.41, 5.74) is 2.20. The van der Waals surface area contributed by atoms with Gasteiger partial charge in [0.25, 0.3) is 0 Å². The van der Waals surface area contributed by atoms with Gasteiger partial charge in [0, 0.05) is 5.56 Å². The second-order valence-corrected chi connectivity index (χ2v) is 2.65. The highest BCUT2D eigenvalue weighted by Crippen LogP contribution is 2.34. The smallest absolute Gasteiger partial charge is 0.223 e. The molecule has 1 aromatic rings. The van der Waals surface area contributed by atoms with Crippen LogP contribution in [-0.4, -0.2) is 14.2 Å². The summed E-state index contributed by atoms with van der Waals surface area (Å²) in [6, 6.07) is 3.60. The minimum Gasteiger partial charge on any atom is -0.630 e. The molecule has 0 aromatic heterocycles. The summed E-state index contributed by atoms with van der Waals surface area (Å²) in [7, 11) is 3.06. The lowest BCUT2D eigenvalue weighted by atomic mass is 10.2. The fourth-order valence-electron chi connectivity index (χ4n) is 1.20. The van der Waals surface area contributed by atoms with Gasteiger partial charge in [0.05, 0.1) is 14.2 Å². The Labute approximate surface area is 77.1 Å². The largest absolute Gasteiger partial charge is 0.630 e. The van der Waals surface area contributed by atoms with Crippen LogP contribution in [0.5, 0.6) is 11.5 Å². The summed E-state index contributed by atoms with van der Waals surface area (Å²) in [5.74, 6) is 1.08. The summed E-state index contributed by atoms with van der Waals surface area (Å²) in [5, 5.41) is 10.7. The summed E-state index contributed by atoms with van der Waals surface area (Å²) in [6.45, 7) is 1.85. The van der Waals surface area contributed by atoms with Gasteiger partial charge in [0.1, 0.15) is 0 Å². The van der Waals surface area contributed by atoms with Gasteiger partial charge in [-0.1, -0.05) is 0 Å². The zero-order chi connectivity index (χ0) is 9.84. The highest BCUT2D eigenvalue weighted by atomic mass is 16.5. The molecule has 0 spiro atoms. The van der Waals surface area contributed by atoms with Gasteiger partial charge in [0.2, 0.25) is 5.75 Å². The number of quaternary nitrogens is 1. The number of hydrogen-bond donors (Lipinski definition) is 1. The molecule has 1 rings (SSSR count). The van der Waals surface area contributed by atoms with Crippen LogP contribution in [0.1, 0.15) is 5.56 Å². The molecule has 0 radical (unpaired) electrons. The fraction of sp³-hybridized carbons (Fsp3) is 0.333. The van der Waals surface area contributed by atoms with Gasteiger partial charge in [-0.3, -0.25) is 0 Å². The first-order valence-electron chi connectivity index (χ1n) is 3.91. The molecule has 2 N–H and O–H groups in total. The highest BCUT2D eigenvalue weighted by Gasteiger charge is 2.13. The van der Waals surface area contributed by atoms with Gasteiger partial charge in [-0.25, -0.2) is 0 Å². The van der Waals surface area contributed by atoms with Crippen molar-refractivity contribution < 1.29 is 15.0 Å². The lowest BCUT2D eigenvalue weighted by molar-refractivity contribution is -0.498. The third-order valence-corrected chi connectivity index (χ3v) is 1.92. The van der Waals surface area contributed by atoms with Crippen molar-refractivity contribution in [1.29, 1.82) is 0 Å². The lowest BCUT2D eigenvalue weighted by Crippen LogP contribution is -2.70. The minimum absolute atomic E-state index is 0.498. The second kappa shape index (κ2) is 4.11. The van der Waals surface area contributed by atoms with Crippen LogP contribution in [0.3, 0.4) is 0 Å². The number of aryl methyl sites for hydroxylation is 1. The van der Waals surface area contributed by atoms with Crippen LogP contribution in [-0.2, 0) is 0 Å². The molecule has 0 bridgehead atoms. The van der Waals surface area contributed by atoms with E-state index >= 15 is 0 Å². The molecule has 0 unspecified atom stereocenters. The van der Waals surface area contributed by atoms with Crippen molar-refractivity contribution in [2.75, 3.05) is 14.2 Å². The molecule has 4 nitrogen and oxygen atoms in total. The molecule has 0 atom stereocenters. The normalized spacial score (nSPS) is 9.85. The van der Waals surface area contributed by atoms with Gasteiger partial charge >= 0.3 is 0 Å². The molecule has 0 heterocycles. The molecule has 0 aliphatic heterocycles. The van der Waals surface area contributed by atoms with E-state index in [-0.39, 0.29) is 0 Å². The molecular weight excluding hydrogens is 170 g/mol. The maximum absolute atomic E-state index is 10.7. The Bertz CT molecular complexity index is 299. The van der Waals surface area contributed by atoms with Crippen LogP contribution in [0.4, 0.5) is 5.69 Å². The maximum Gasteiger partial charge on any atom is 0.223 e. The predicted octanol–water partition coefficient (Wildman–Crippen LogP) is 0.705. The summed E-state index contributed by atoms with van der Waals surface area (Å²) in [6.07, 6.45) is 0. The summed E-state index contributed by atoms with van der Waals surface area (Å²) in [4.78, 5) is 0. The maximum atomic E-state index is 10.7. The van der Waals surface area contributed by atoms with E-state index in [2.05, 4.69) is 0 Å². The number of methoxy groups -OCH3 is 2. The Morgan fingerprint density at radius 1 is 1.23 bits per heavy atom. The zero-order valence-electron chi connectivity index (χ0n) is 7.96. The lowest BCUT2D eigenvalue weighted by Gasteiger charge is -2.13. The first-order valence-corrected chi connectivity index (χ1v) is 3.91. The quantitative estimate of drug-likeness (QED) is 0.554. The van der Waals surface area contributed by atoms with Crippen molar-refractivity contribution in [3.8, 4) is 11.5 Å². The monoisotopic (exact) mass is 183 g/mol. The minimum atomic E-state index is 0.498. The van der Waals surface area contributed by atoms with E-state index in [4.69, 9.17) is 9.47 Å². The Kier molecular flexibility index (Phi) is 3.11. The number of benzene rings is 1. The average Bonchev–Trinajstić information content (AvgIpc) is 2.17. The van der Waals surface area contributed by atoms with E-state index in [1.54, 1.807) is 13.2 Å². The molecule has 0 saturated heterocycles. The topological polar surface area (TPSA) is 58.1 Å². The second-order valence-electron chi connectivity index (χ2n) is 2.65. The van der Waals surface area contributed by atoms with Crippen LogP contribution < -0.4 is 15.0 Å². The van der Waals surface area contributed by atoms with Crippen molar-refractivity contribution in [3.05, 3.63) is 22.9 Å². The Morgan fingerprint density at radius 2 is 1.92 bits per heavy atom. The molecule has 72 valence electrons. The van der Waals surface area contributed by atoms with Crippen LogP contribution in [0.15, 0.2) is 12.1 Å². The van der Waals surface area contributed by atoms with E-state index < -0.39 is 0 Å². The van der Waals surface area contributed by atoms with E-state index in [0.717, 1.165) is 11.0 Å². The number of rotatable bonds is 3. The molecule has 0 amide bonds. The van der Waals surface area contributed by atoms with Gasteiger partial charge < -0.3 is 20.2 Å². The number of ether oxygens (including phenoxy) is 2. The van der Waals surface area contributed by atoms with Gasteiger partial charge in [0.15, 0.2) is 11.4 Å². The number of nitrogens with two attached hydrogens (primary N) is 1. The third-order valence-electron chi connectivity index (χ3n) is 1.92. The third kappa shape index (κ3) is 1.74. The van der Waals surface area contributed by atoms with Crippen molar-refractivity contribution in [2.45, 2.75) is 6.92 Å². The van der Waals surface area contributed by atoms with Crippen LogP contribution >= 0.6 is 0 Å². The van der Waals surface area contributed by atoms with E-state index in [1.807, 2.05) is 13.0 Å². The van der Waals surface area contributed by atoms with Crippen molar-refractivity contribution in [1.82, 2.24) is 0 Å². The van der Waals surface area contributed by atoms with Crippen molar-refractivity contribution in [2.24, 2.45) is 0 Å². The van der Waals surface area contributed by atoms with Crippen molar-refractivity contribution in [3.63, 3.8) is 0 Å². The summed E-state index contributed by atoms with van der Waals surface area (Å²) >= 11 is 0. The SMILES string of the molecule is COc1ccc(C)c([NH2+][O-])c1OC. The van der Waals surface area contributed by atoms with Gasteiger partial charge in [-0.15, -0.1) is 0 Å². The van der Waals surface area contributed by atoms with Crippen LogP contribution in [0.2, 0.25) is 0 Å².